The van der Waals surface area contributed by atoms with Crippen molar-refractivity contribution >= 4 is 17.6 Å². The Bertz CT molecular complexity index is 564. The number of hydrogen-bond acceptors (Lipinski definition) is 3. The van der Waals surface area contributed by atoms with Crippen LogP contribution in [0.2, 0.25) is 5.02 Å². The first-order valence-corrected chi connectivity index (χ1v) is 7.42. The van der Waals surface area contributed by atoms with E-state index < -0.39 is 5.97 Å². The van der Waals surface area contributed by atoms with Gasteiger partial charge in [-0.3, -0.25) is 4.79 Å². The minimum absolute atomic E-state index is 0.0534. The summed E-state index contributed by atoms with van der Waals surface area (Å²) in [6.45, 7) is 3.79. The molecule has 5 heteroatoms. The second-order valence-electron chi connectivity index (χ2n) is 5.59. The number of rotatable bonds is 6. The number of aliphatic carboxylic acids is 1. The number of carboxylic acid groups (broad SMARTS) is 1. The molecule has 0 amide bonds. The van der Waals surface area contributed by atoms with Crippen LogP contribution in [0.3, 0.4) is 0 Å². The highest BCUT2D eigenvalue weighted by molar-refractivity contribution is 6.33. The van der Waals surface area contributed by atoms with Crippen LogP contribution in [0.1, 0.15) is 41.9 Å². The Kier molecular flexibility index (Phi) is 4.67. The molecular weight excluding hydrogens is 292 g/mol. The molecule has 116 valence electrons. The quantitative estimate of drug-likeness (QED) is 0.864. The summed E-state index contributed by atoms with van der Waals surface area (Å²) in [4.78, 5) is 11.2. The van der Waals surface area contributed by atoms with Crippen molar-refractivity contribution in [3.8, 4) is 11.5 Å². The second kappa shape index (κ2) is 6.14. The van der Waals surface area contributed by atoms with E-state index in [1.165, 1.54) is 0 Å². The van der Waals surface area contributed by atoms with E-state index in [1.54, 1.807) is 14.2 Å². The Morgan fingerprint density at radius 2 is 1.81 bits per heavy atom. The number of ether oxygens (including phenoxy) is 2. The summed E-state index contributed by atoms with van der Waals surface area (Å²) in [5, 5.41) is 9.76. The fourth-order valence-corrected chi connectivity index (χ4v) is 3.38. The molecule has 1 unspecified atom stereocenters. The molecule has 1 fully saturated rings. The lowest BCUT2D eigenvalue weighted by molar-refractivity contribution is -0.137. The van der Waals surface area contributed by atoms with Crippen molar-refractivity contribution in [2.75, 3.05) is 14.2 Å². The zero-order chi connectivity index (χ0) is 15.7. The highest BCUT2D eigenvalue weighted by Gasteiger charge is 2.38. The van der Waals surface area contributed by atoms with Gasteiger partial charge >= 0.3 is 5.97 Å². The van der Waals surface area contributed by atoms with Gasteiger partial charge in [-0.2, -0.15) is 0 Å². The lowest BCUT2D eigenvalue weighted by Gasteiger charge is -2.24. The van der Waals surface area contributed by atoms with Crippen molar-refractivity contribution in [2.45, 2.75) is 39.0 Å². The monoisotopic (exact) mass is 312 g/mol. The topological polar surface area (TPSA) is 55.8 Å². The fourth-order valence-electron chi connectivity index (χ4n) is 3.07. The van der Waals surface area contributed by atoms with Crippen LogP contribution in [0.4, 0.5) is 0 Å². The first-order valence-electron chi connectivity index (χ1n) is 7.04. The van der Waals surface area contributed by atoms with E-state index in [2.05, 4.69) is 0 Å². The van der Waals surface area contributed by atoms with Crippen LogP contribution in [0.15, 0.2) is 0 Å². The molecule has 2 rings (SSSR count). The molecule has 1 aromatic rings. The summed E-state index contributed by atoms with van der Waals surface area (Å²) in [7, 11) is 3.17. The number of carboxylic acids is 1. The molecule has 0 saturated heterocycles. The fraction of sp³-hybridized carbons (Fsp3) is 0.562. The average Bonchev–Trinajstić information content (AvgIpc) is 3.25. The van der Waals surface area contributed by atoms with Crippen LogP contribution in [-0.4, -0.2) is 25.3 Å². The van der Waals surface area contributed by atoms with Gasteiger partial charge in [0, 0.05) is 17.0 Å². The van der Waals surface area contributed by atoms with E-state index in [9.17, 15) is 9.90 Å². The van der Waals surface area contributed by atoms with Gasteiger partial charge in [0.25, 0.3) is 0 Å². The van der Waals surface area contributed by atoms with Gasteiger partial charge in [-0.1, -0.05) is 11.6 Å². The Hall–Kier alpha value is -1.42. The van der Waals surface area contributed by atoms with E-state index in [0.29, 0.717) is 22.4 Å². The molecular formula is C16H21ClO4. The van der Waals surface area contributed by atoms with Gasteiger partial charge < -0.3 is 14.6 Å². The molecule has 1 aliphatic rings. The SMILES string of the molecule is COc1c(C)c(C(CC(=O)O)C2CC2)c(OC)c(C)c1Cl. The first-order chi connectivity index (χ1) is 9.92. The normalized spacial score (nSPS) is 15.7. The first kappa shape index (κ1) is 16.0. The van der Waals surface area contributed by atoms with Gasteiger partial charge in [0.2, 0.25) is 0 Å². The Labute approximate surface area is 130 Å². The van der Waals surface area contributed by atoms with E-state index in [0.717, 1.165) is 29.5 Å². The minimum atomic E-state index is -0.792. The van der Waals surface area contributed by atoms with Crippen molar-refractivity contribution in [3.63, 3.8) is 0 Å². The molecule has 4 nitrogen and oxygen atoms in total. The van der Waals surface area contributed by atoms with Crippen molar-refractivity contribution in [1.82, 2.24) is 0 Å². The summed E-state index contributed by atoms with van der Waals surface area (Å²) >= 11 is 6.34. The molecule has 0 heterocycles. The van der Waals surface area contributed by atoms with E-state index in [4.69, 9.17) is 21.1 Å². The zero-order valence-electron chi connectivity index (χ0n) is 12.8. The molecule has 0 aromatic heterocycles. The Morgan fingerprint density at radius 3 is 2.24 bits per heavy atom. The molecule has 1 atom stereocenters. The predicted octanol–water partition coefficient (Wildman–Crippen LogP) is 3.94. The standard InChI is InChI=1S/C16H21ClO4/c1-8-13(11(7-12(18)19)10-5-6-10)15(20-3)9(2)14(17)16(8)21-4/h10-11H,5-7H2,1-4H3,(H,18,19). The summed E-state index contributed by atoms with van der Waals surface area (Å²) in [5.74, 6) is 0.860. The number of carbonyl (C=O) groups is 1. The molecule has 1 aromatic carbocycles. The maximum atomic E-state index is 11.2. The van der Waals surface area contributed by atoms with Crippen LogP contribution >= 0.6 is 11.6 Å². The molecule has 0 spiro atoms. The van der Waals surface area contributed by atoms with Crippen molar-refractivity contribution in [2.24, 2.45) is 5.92 Å². The van der Waals surface area contributed by atoms with E-state index in [1.807, 2.05) is 13.8 Å². The molecule has 21 heavy (non-hydrogen) atoms. The average molecular weight is 313 g/mol. The molecule has 0 aliphatic heterocycles. The van der Waals surface area contributed by atoms with Gasteiger partial charge in [0.05, 0.1) is 25.7 Å². The second-order valence-corrected chi connectivity index (χ2v) is 5.96. The third-order valence-electron chi connectivity index (χ3n) is 4.22. The summed E-state index contributed by atoms with van der Waals surface area (Å²) < 4.78 is 11.0. The minimum Gasteiger partial charge on any atom is -0.496 e. The summed E-state index contributed by atoms with van der Waals surface area (Å²) in [6.07, 6.45) is 2.22. The van der Waals surface area contributed by atoms with Crippen molar-refractivity contribution in [3.05, 3.63) is 21.7 Å². The van der Waals surface area contributed by atoms with E-state index in [-0.39, 0.29) is 12.3 Å². The highest BCUT2D eigenvalue weighted by atomic mass is 35.5. The third kappa shape index (κ3) is 2.95. The van der Waals surface area contributed by atoms with E-state index >= 15 is 0 Å². The summed E-state index contributed by atoms with van der Waals surface area (Å²) in [5.41, 5.74) is 2.61. The number of hydrogen-bond donors (Lipinski definition) is 1. The molecule has 1 aliphatic carbocycles. The van der Waals surface area contributed by atoms with Crippen LogP contribution in [-0.2, 0) is 4.79 Å². The number of halogens is 1. The third-order valence-corrected chi connectivity index (χ3v) is 4.68. The molecule has 1 N–H and O–H groups in total. The van der Waals surface area contributed by atoms with Gasteiger partial charge in [-0.25, -0.2) is 0 Å². The van der Waals surface area contributed by atoms with Crippen LogP contribution in [0.5, 0.6) is 11.5 Å². The molecule has 0 bridgehead atoms. The van der Waals surface area contributed by atoms with Gasteiger partial charge in [0.15, 0.2) is 0 Å². The van der Waals surface area contributed by atoms with Crippen molar-refractivity contribution in [1.29, 1.82) is 0 Å². The van der Waals surface area contributed by atoms with Gasteiger partial charge in [-0.15, -0.1) is 0 Å². The Balaban J connectivity index is 2.64. The maximum Gasteiger partial charge on any atom is 0.303 e. The lowest BCUT2D eigenvalue weighted by atomic mass is 9.85. The lowest BCUT2D eigenvalue weighted by Crippen LogP contribution is -2.13. The Morgan fingerprint density at radius 1 is 1.24 bits per heavy atom. The van der Waals surface area contributed by atoms with Crippen LogP contribution in [0.25, 0.3) is 0 Å². The molecule has 0 radical (unpaired) electrons. The summed E-state index contributed by atoms with van der Waals surface area (Å²) in [6, 6.07) is 0. The molecule has 1 saturated carbocycles. The van der Waals surface area contributed by atoms with Gasteiger partial charge in [0.1, 0.15) is 11.5 Å². The number of benzene rings is 1. The smallest absolute Gasteiger partial charge is 0.303 e. The highest BCUT2D eigenvalue weighted by Crippen LogP contribution is 2.52. The van der Waals surface area contributed by atoms with Crippen LogP contribution < -0.4 is 9.47 Å². The van der Waals surface area contributed by atoms with Crippen LogP contribution in [0, 0.1) is 19.8 Å². The predicted molar refractivity (Wildman–Crippen MR) is 81.7 cm³/mol. The van der Waals surface area contributed by atoms with Crippen molar-refractivity contribution < 1.29 is 19.4 Å². The maximum absolute atomic E-state index is 11.2. The largest absolute Gasteiger partial charge is 0.496 e. The zero-order valence-corrected chi connectivity index (χ0v) is 13.6. The number of methoxy groups -OCH3 is 2. The van der Waals surface area contributed by atoms with Gasteiger partial charge in [-0.05, 0) is 38.2 Å².